The van der Waals surface area contributed by atoms with Gasteiger partial charge in [0.15, 0.2) is 5.76 Å². The number of esters is 1. The Morgan fingerprint density at radius 1 is 1.57 bits per heavy atom. The summed E-state index contributed by atoms with van der Waals surface area (Å²) in [5, 5.41) is 0. The Bertz CT molecular complexity index is 302. The lowest BCUT2D eigenvalue weighted by atomic mass is 10.2. The highest BCUT2D eigenvalue weighted by Crippen LogP contribution is 2.35. The second-order valence-electron chi connectivity index (χ2n) is 2.55. The van der Waals surface area contributed by atoms with Gasteiger partial charge in [-0.15, -0.1) is 0 Å². The van der Waals surface area contributed by atoms with Crippen molar-refractivity contribution in [3.05, 3.63) is 24.2 Å². The van der Waals surface area contributed by atoms with Crippen LogP contribution in [0.5, 0.6) is 0 Å². The number of alkyl halides is 3. The molecule has 1 atom stereocenters. The van der Waals surface area contributed by atoms with E-state index in [2.05, 4.69) is 9.15 Å². The van der Waals surface area contributed by atoms with E-state index in [1.54, 1.807) is 0 Å². The van der Waals surface area contributed by atoms with E-state index in [1.807, 2.05) is 0 Å². The van der Waals surface area contributed by atoms with E-state index in [0.29, 0.717) is 0 Å². The first-order valence-corrected chi connectivity index (χ1v) is 3.68. The summed E-state index contributed by atoms with van der Waals surface area (Å²) in [6, 6.07) is 2.39. The third kappa shape index (κ3) is 2.51. The Morgan fingerprint density at radius 2 is 2.21 bits per heavy atom. The van der Waals surface area contributed by atoms with Crippen molar-refractivity contribution in [1.29, 1.82) is 0 Å². The minimum atomic E-state index is -4.66. The Morgan fingerprint density at radius 3 is 2.57 bits per heavy atom. The van der Waals surface area contributed by atoms with Crippen molar-refractivity contribution >= 4 is 5.97 Å². The van der Waals surface area contributed by atoms with Crippen LogP contribution in [0.15, 0.2) is 22.8 Å². The van der Waals surface area contributed by atoms with Crippen molar-refractivity contribution in [2.24, 2.45) is 0 Å². The molecule has 0 aliphatic carbocycles. The predicted octanol–water partition coefficient (Wildman–Crippen LogP) is 2.45. The van der Waals surface area contributed by atoms with Crippen molar-refractivity contribution in [1.82, 2.24) is 0 Å². The van der Waals surface area contributed by atoms with Gasteiger partial charge in [-0.25, -0.2) is 0 Å². The Balaban J connectivity index is 2.89. The standard InChI is InChI=1S/C8H7F3O3/c1-5(12)14-7(8(9,10)11)6-3-2-4-13-6/h2-4,7H,1H3/t7-/m1/s1. The third-order valence-electron chi connectivity index (χ3n) is 1.38. The van der Waals surface area contributed by atoms with Crippen LogP contribution < -0.4 is 0 Å². The van der Waals surface area contributed by atoms with Crippen molar-refractivity contribution in [2.75, 3.05) is 0 Å². The molecule has 78 valence electrons. The Kier molecular flexibility index (Phi) is 2.83. The molecule has 0 aliphatic rings. The van der Waals surface area contributed by atoms with Crippen LogP contribution in [0.3, 0.4) is 0 Å². The molecular weight excluding hydrogens is 201 g/mol. The van der Waals surface area contributed by atoms with Gasteiger partial charge in [-0.05, 0) is 12.1 Å². The molecule has 0 aliphatic heterocycles. The van der Waals surface area contributed by atoms with Gasteiger partial charge >= 0.3 is 12.1 Å². The average molecular weight is 208 g/mol. The van der Waals surface area contributed by atoms with Gasteiger partial charge in [0.25, 0.3) is 6.10 Å². The fourth-order valence-electron chi connectivity index (χ4n) is 0.893. The van der Waals surface area contributed by atoms with Crippen molar-refractivity contribution in [3.8, 4) is 0 Å². The molecule has 0 unspecified atom stereocenters. The van der Waals surface area contributed by atoms with Crippen LogP contribution in [-0.4, -0.2) is 12.1 Å². The summed E-state index contributed by atoms with van der Waals surface area (Å²) in [5.74, 6) is -1.45. The highest BCUT2D eigenvalue weighted by Gasteiger charge is 2.45. The smallest absolute Gasteiger partial charge is 0.432 e. The SMILES string of the molecule is CC(=O)O[C@H](c1ccco1)C(F)(F)F. The summed E-state index contributed by atoms with van der Waals surface area (Å²) >= 11 is 0. The topological polar surface area (TPSA) is 39.4 Å². The molecule has 0 saturated heterocycles. The third-order valence-corrected chi connectivity index (χ3v) is 1.38. The summed E-state index contributed by atoms with van der Waals surface area (Å²) in [6.45, 7) is 0.904. The normalized spacial score (nSPS) is 13.7. The number of furan rings is 1. The number of hydrogen-bond donors (Lipinski definition) is 0. The van der Waals surface area contributed by atoms with Crippen LogP contribution in [0.4, 0.5) is 13.2 Å². The minimum Gasteiger partial charge on any atom is -0.465 e. The van der Waals surface area contributed by atoms with Crippen molar-refractivity contribution in [2.45, 2.75) is 19.2 Å². The molecule has 0 bridgehead atoms. The second-order valence-corrected chi connectivity index (χ2v) is 2.55. The molecule has 1 rings (SSSR count). The zero-order valence-electron chi connectivity index (χ0n) is 7.17. The first-order valence-electron chi connectivity index (χ1n) is 3.68. The molecule has 0 aromatic carbocycles. The van der Waals surface area contributed by atoms with E-state index in [-0.39, 0.29) is 0 Å². The summed E-state index contributed by atoms with van der Waals surface area (Å²) in [7, 11) is 0. The lowest BCUT2D eigenvalue weighted by molar-refractivity contribution is -0.227. The van der Waals surface area contributed by atoms with E-state index >= 15 is 0 Å². The predicted molar refractivity (Wildman–Crippen MR) is 39.3 cm³/mol. The molecule has 1 aromatic heterocycles. The van der Waals surface area contributed by atoms with Gasteiger partial charge in [0, 0.05) is 6.92 Å². The fourth-order valence-corrected chi connectivity index (χ4v) is 0.893. The van der Waals surface area contributed by atoms with Crippen LogP contribution in [-0.2, 0) is 9.53 Å². The Labute approximate surface area is 77.5 Å². The first-order chi connectivity index (χ1) is 6.41. The molecule has 14 heavy (non-hydrogen) atoms. The van der Waals surface area contributed by atoms with Gasteiger partial charge in [-0.2, -0.15) is 13.2 Å². The highest BCUT2D eigenvalue weighted by molar-refractivity contribution is 5.66. The van der Waals surface area contributed by atoms with Crippen molar-refractivity contribution < 1.29 is 27.1 Å². The molecular formula is C8H7F3O3. The van der Waals surface area contributed by atoms with Crippen molar-refractivity contribution in [3.63, 3.8) is 0 Å². The van der Waals surface area contributed by atoms with E-state index in [4.69, 9.17) is 0 Å². The van der Waals surface area contributed by atoms with Gasteiger partial charge in [0.2, 0.25) is 0 Å². The van der Waals surface area contributed by atoms with E-state index in [0.717, 1.165) is 19.3 Å². The molecule has 1 aromatic rings. The maximum absolute atomic E-state index is 12.3. The second kappa shape index (κ2) is 3.73. The van der Waals surface area contributed by atoms with E-state index in [1.165, 1.54) is 6.07 Å². The zero-order chi connectivity index (χ0) is 10.8. The lowest BCUT2D eigenvalue weighted by Gasteiger charge is -2.17. The molecule has 3 nitrogen and oxygen atoms in total. The molecule has 0 radical (unpaired) electrons. The van der Waals surface area contributed by atoms with Gasteiger partial charge in [0.05, 0.1) is 6.26 Å². The Hall–Kier alpha value is -1.46. The average Bonchev–Trinajstić information content (AvgIpc) is 2.49. The number of carbonyl (C=O) groups excluding carboxylic acids is 1. The number of ether oxygens (including phenoxy) is 1. The van der Waals surface area contributed by atoms with Gasteiger partial charge < -0.3 is 9.15 Å². The zero-order valence-corrected chi connectivity index (χ0v) is 7.17. The van der Waals surface area contributed by atoms with E-state index in [9.17, 15) is 18.0 Å². The molecule has 6 heteroatoms. The van der Waals surface area contributed by atoms with Gasteiger partial charge in [-0.3, -0.25) is 4.79 Å². The summed E-state index contributed by atoms with van der Waals surface area (Å²) in [6.07, 6.45) is -5.91. The molecule has 0 amide bonds. The van der Waals surface area contributed by atoms with Gasteiger partial charge in [-0.1, -0.05) is 0 Å². The minimum absolute atomic E-state index is 0.437. The summed E-state index contributed by atoms with van der Waals surface area (Å²) < 4.78 is 45.5. The molecule has 0 fully saturated rings. The summed E-state index contributed by atoms with van der Waals surface area (Å²) in [5.41, 5.74) is 0. The number of rotatable bonds is 2. The highest BCUT2D eigenvalue weighted by atomic mass is 19.4. The number of hydrogen-bond acceptors (Lipinski definition) is 3. The quantitative estimate of drug-likeness (QED) is 0.700. The van der Waals surface area contributed by atoms with Crippen LogP contribution in [0.2, 0.25) is 0 Å². The molecule has 1 heterocycles. The monoisotopic (exact) mass is 208 g/mol. The van der Waals surface area contributed by atoms with Crippen LogP contribution >= 0.6 is 0 Å². The first kappa shape index (κ1) is 10.6. The van der Waals surface area contributed by atoms with E-state index < -0.39 is 24.0 Å². The maximum Gasteiger partial charge on any atom is 0.432 e. The lowest BCUT2D eigenvalue weighted by Crippen LogP contribution is -2.24. The van der Waals surface area contributed by atoms with Gasteiger partial charge in [0.1, 0.15) is 0 Å². The molecule has 0 N–H and O–H groups in total. The number of halogens is 3. The number of carbonyl (C=O) groups is 1. The van der Waals surface area contributed by atoms with Crippen LogP contribution in [0, 0.1) is 0 Å². The maximum atomic E-state index is 12.3. The molecule has 0 saturated carbocycles. The fraction of sp³-hybridized carbons (Fsp3) is 0.375. The van der Waals surface area contributed by atoms with Crippen LogP contribution in [0.25, 0.3) is 0 Å². The molecule has 0 spiro atoms. The summed E-state index contributed by atoms with van der Waals surface area (Å²) in [4.78, 5) is 10.4. The largest absolute Gasteiger partial charge is 0.465 e. The van der Waals surface area contributed by atoms with Crippen LogP contribution in [0.1, 0.15) is 18.8 Å².